The molecule has 0 spiro atoms. The SMILES string of the molecule is COC(C)C(=O)NCCc1ncn(C)n1. The van der Waals surface area contributed by atoms with Crippen LogP contribution in [0.5, 0.6) is 0 Å². The summed E-state index contributed by atoms with van der Waals surface area (Å²) in [6.45, 7) is 2.23. The maximum absolute atomic E-state index is 11.3. The van der Waals surface area contributed by atoms with Gasteiger partial charge in [-0.1, -0.05) is 0 Å². The standard InChI is InChI=1S/C9H16N4O2/c1-7(15-3)9(14)10-5-4-8-11-6-13(2)12-8/h6-7H,4-5H2,1-3H3,(H,10,14). The molecule has 1 amide bonds. The fraction of sp³-hybridized carbons (Fsp3) is 0.667. The highest BCUT2D eigenvalue weighted by Crippen LogP contribution is 1.90. The summed E-state index contributed by atoms with van der Waals surface area (Å²) < 4.78 is 6.51. The van der Waals surface area contributed by atoms with Crippen LogP contribution >= 0.6 is 0 Å². The summed E-state index contributed by atoms with van der Waals surface area (Å²) in [5, 5.41) is 6.83. The first kappa shape index (κ1) is 11.6. The van der Waals surface area contributed by atoms with Crippen LogP contribution < -0.4 is 5.32 Å². The van der Waals surface area contributed by atoms with E-state index in [0.717, 1.165) is 5.82 Å². The number of aromatic nitrogens is 3. The van der Waals surface area contributed by atoms with Crippen LogP contribution in [0.2, 0.25) is 0 Å². The number of methoxy groups -OCH3 is 1. The third kappa shape index (κ3) is 3.67. The first-order valence-electron chi connectivity index (χ1n) is 4.78. The van der Waals surface area contributed by atoms with Crippen molar-refractivity contribution in [2.24, 2.45) is 7.05 Å². The monoisotopic (exact) mass is 212 g/mol. The molecule has 0 saturated carbocycles. The van der Waals surface area contributed by atoms with Gasteiger partial charge in [-0.05, 0) is 6.92 Å². The lowest BCUT2D eigenvalue weighted by Crippen LogP contribution is -2.35. The second-order valence-corrected chi connectivity index (χ2v) is 3.25. The zero-order valence-electron chi connectivity index (χ0n) is 9.23. The zero-order chi connectivity index (χ0) is 11.3. The molecule has 1 heterocycles. The molecule has 1 N–H and O–H groups in total. The van der Waals surface area contributed by atoms with Crippen LogP contribution in [0, 0.1) is 0 Å². The number of amides is 1. The van der Waals surface area contributed by atoms with E-state index in [1.54, 1.807) is 17.9 Å². The maximum atomic E-state index is 11.3. The van der Waals surface area contributed by atoms with E-state index in [4.69, 9.17) is 4.74 Å². The van der Waals surface area contributed by atoms with Gasteiger partial charge in [-0.25, -0.2) is 4.98 Å². The van der Waals surface area contributed by atoms with Crippen LogP contribution in [0.15, 0.2) is 6.33 Å². The Bertz CT molecular complexity index is 324. The van der Waals surface area contributed by atoms with Crippen molar-refractivity contribution in [3.8, 4) is 0 Å². The molecule has 1 aromatic heterocycles. The summed E-state index contributed by atoms with van der Waals surface area (Å²) in [6, 6.07) is 0. The quantitative estimate of drug-likeness (QED) is 0.715. The van der Waals surface area contributed by atoms with Crippen LogP contribution in [0.3, 0.4) is 0 Å². The Morgan fingerprint density at radius 2 is 2.47 bits per heavy atom. The Kier molecular flexibility index (Phi) is 4.23. The molecule has 1 unspecified atom stereocenters. The number of hydrogen-bond donors (Lipinski definition) is 1. The highest BCUT2D eigenvalue weighted by atomic mass is 16.5. The molecule has 0 saturated heterocycles. The summed E-state index contributed by atoms with van der Waals surface area (Å²) in [7, 11) is 3.31. The lowest BCUT2D eigenvalue weighted by Gasteiger charge is -2.09. The van der Waals surface area contributed by atoms with Crippen molar-refractivity contribution < 1.29 is 9.53 Å². The second kappa shape index (κ2) is 5.45. The second-order valence-electron chi connectivity index (χ2n) is 3.25. The average Bonchev–Trinajstić information content (AvgIpc) is 2.63. The van der Waals surface area contributed by atoms with Gasteiger partial charge in [0.15, 0.2) is 5.82 Å². The fourth-order valence-corrected chi connectivity index (χ4v) is 1.05. The highest BCUT2D eigenvalue weighted by Gasteiger charge is 2.10. The predicted molar refractivity (Wildman–Crippen MR) is 54.2 cm³/mol. The molecule has 0 bridgehead atoms. The van der Waals surface area contributed by atoms with Crippen molar-refractivity contribution in [2.75, 3.05) is 13.7 Å². The Morgan fingerprint density at radius 3 is 3.00 bits per heavy atom. The summed E-state index contributed by atoms with van der Waals surface area (Å²) in [4.78, 5) is 15.3. The molecule has 1 aromatic rings. The van der Waals surface area contributed by atoms with Gasteiger partial charge in [0.1, 0.15) is 12.4 Å². The smallest absolute Gasteiger partial charge is 0.248 e. The number of ether oxygens (including phenoxy) is 1. The van der Waals surface area contributed by atoms with Crippen LogP contribution in [0.1, 0.15) is 12.7 Å². The number of hydrogen-bond acceptors (Lipinski definition) is 4. The Balaban J connectivity index is 2.24. The molecule has 0 aliphatic rings. The largest absolute Gasteiger partial charge is 0.372 e. The normalized spacial score (nSPS) is 12.5. The number of carbonyl (C=O) groups excluding carboxylic acids is 1. The van der Waals surface area contributed by atoms with E-state index in [0.29, 0.717) is 13.0 Å². The van der Waals surface area contributed by atoms with E-state index in [1.165, 1.54) is 7.11 Å². The van der Waals surface area contributed by atoms with Gasteiger partial charge in [-0.3, -0.25) is 9.48 Å². The molecule has 0 aliphatic carbocycles. The van der Waals surface area contributed by atoms with E-state index in [1.807, 2.05) is 7.05 Å². The summed E-state index contributed by atoms with van der Waals surface area (Å²) in [5.74, 6) is 0.608. The molecule has 1 atom stereocenters. The zero-order valence-corrected chi connectivity index (χ0v) is 9.23. The molecular formula is C9H16N4O2. The minimum atomic E-state index is -0.415. The van der Waals surface area contributed by atoms with Crippen molar-refractivity contribution in [1.29, 1.82) is 0 Å². The van der Waals surface area contributed by atoms with E-state index in [-0.39, 0.29) is 5.91 Å². The number of aryl methyl sites for hydroxylation is 1. The Labute approximate surface area is 88.6 Å². The molecule has 15 heavy (non-hydrogen) atoms. The van der Waals surface area contributed by atoms with Crippen LogP contribution in [-0.4, -0.2) is 40.4 Å². The van der Waals surface area contributed by atoms with Crippen molar-refractivity contribution in [3.05, 3.63) is 12.2 Å². The van der Waals surface area contributed by atoms with Crippen LogP contribution in [0.25, 0.3) is 0 Å². The number of nitrogens with zero attached hydrogens (tertiary/aromatic N) is 3. The van der Waals surface area contributed by atoms with Gasteiger partial charge >= 0.3 is 0 Å². The van der Waals surface area contributed by atoms with E-state index in [9.17, 15) is 4.79 Å². The fourth-order valence-electron chi connectivity index (χ4n) is 1.05. The first-order chi connectivity index (χ1) is 7.13. The third-order valence-corrected chi connectivity index (χ3v) is 2.02. The van der Waals surface area contributed by atoms with Gasteiger partial charge in [0.2, 0.25) is 5.91 Å². The molecule has 0 radical (unpaired) electrons. The van der Waals surface area contributed by atoms with Gasteiger partial charge in [-0.2, -0.15) is 5.10 Å². The van der Waals surface area contributed by atoms with Crippen molar-refractivity contribution in [2.45, 2.75) is 19.4 Å². The van der Waals surface area contributed by atoms with Gasteiger partial charge in [0.05, 0.1) is 0 Å². The maximum Gasteiger partial charge on any atom is 0.248 e. The molecule has 0 aromatic carbocycles. The summed E-state index contributed by atoms with van der Waals surface area (Å²) >= 11 is 0. The topological polar surface area (TPSA) is 69.0 Å². The van der Waals surface area contributed by atoms with Gasteiger partial charge in [-0.15, -0.1) is 0 Å². The molecule has 0 fully saturated rings. The minimum Gasteiger partial charge on any atom is -0.372 e. The average molecular weight is 212 g/mol. The molecule has 84 valence electrons. The van der Waals surface area contributed by atoms with Crippen molar-refractivity contribution in [1.82, 2.24) is 20.1 Å². The molecule has 0 aliphatic heterocycles. The van der Waals surface area contributed by atoms with Crippen LogP contribution in [0.4, 0.5) is 0 Å². The molecule has 6 heteroatoms. The third-order valence-electron chi connectivity index (χ3n) is 2.02. The molecular weight excluding hydrogens is 196 g/mol. The van der Waals surface area contributed by atoms with E-state index >= 15 is 0 Å². The number of nitrogens with one attached hydrogen (secondary N) is 1. The van der Waals surface area contributed by atoms with Gasteiger partial charge in [0.25, 0.3) is 0 Å². The predicted octanol–water partition coefficient (Wildman–Crippen LogP) is -0.491. The lowest BCUT2D eigenvalue weighted by molar-refractivity contribution is -0.129. The number of carbonyl (C=O) groups is 1. The first-order valence-corrected chi connectivity index (χ1v) is 4.78. The van der Waals surface area contributed by atoms with Gasteiger partial charge < -0.3 is 10.1 Å². The molecule has 1 rings (SSSR count). The minimum absolute atomic E-state index is 0.117. The van der Waals surface area contributed by atoms with Gasteiger partial charge in [0, 0.05) is 27.1 Å². The van der Waals surface area contributed by atoms with Crippen LogP contribution in [-0.2, 0) is 23.0 Å². The number of rotatable bonds is 5. The van der Waals surface area contributed by atoms with E-state index in [2.05, 4.69) is 15.4 Å². The van der Waals surface area contributed by atoms with Crippen molar-refractivity contribution >= 4 is 5.91 Å². The Hall–Kier alpha value is -1.43. The molecule has 6 nitrogen and oxygen atoms in total. The highest BCUT2D eigenvalue weighted by molar-refractivity contribution is 5.80. The van der Waals surface area contributed by atoms with Crippen molar-refractivity contribution in [3.63, 3.8) is 0 Å². The lowest BCUT2D eigenvalue weighted by atomic mass is 10.3. The summed E-state index contributed by atoms with van der Waals surface area (Å²) in [5.41, 5.74) is 0. The van der Waals surface area contributed by atoms with E-state index < -0.39 is 6.10 Å². The Morgan fingerprint density at radius 1 is 1.73 bits per heavy atom. The summed E-state index contributed by atoms with van der Waals surface area (Å²) in [6.07, 6.45) is 1.85.